The Morgan fingerprint density at radius 3 is 2.32 bits per heavy atom. The molecular formula is C17H14N2O3. The fraction of sp³-hybridized carbons (Fsp3) is 0.0588. The van der Waals surface area contributed by atoms with Crippen LogP contribution in [0.5, 0.6) is 0 Å². The predicted molar refractivity (Wildman–Crippen MR) is 84.1 cm³/mol. The topological polar surface area (TPSA) is 82.2 Å². The Kier molecular flexibility index (Phi) is 3.39. The van der Waals surface area contributed by atoms with Crippen LogP contribution in [0.3, 0.4) is 0 Å². The number of nitrogens with one attached hydrogen (secondary N) is 2. The molecule has 3 N–H and O–H groups in total. The van der Waals surface area contributed by atoms with Gasteiger partial charge in [-0.05, 0) is 41.5 Å². The third-order valence-corrected chi connectivity index (χ3v) is 3.56. The normalized spacial score (nSPS) is 10.6. The first-order valence-corrected chi connectivity index (χ1v) is 6.77. The van der Waals surface area contributed by atoms with Gasteiger partial charge in [-0.3, -0.25) is 4.79 Å². The van der Waals surface area contributed by atoms with Crippen molar-refractivity contribution in [2.24, 2.45) is 0 Å². The Morgan fingerprint density at radius 1 is 1.00 bits per heavy atom. The van der Waals surface area contributed by atoms with E-state index in [4.69, 9.17) is 5.11 Å². The zero-order valence-corrected chi connectivity index (χ0v) is 11.9. The highest BCUT2D eigenvalue weighted by molar-refractivity contribution is 5.96. The SMILES string of the molecule is CNC(=O)c1ccc(-c2ccc3[nH]c(C(=O)O)cc3c2)cc1. The second kappa shape index (κ2) is 5.37. The maximum Gasteiger partial charge on any atom is 0.352 e. The van der Waals surface area contributed by atoms with E-state index in [2.05, 4.69) is 10.3 Å². The van der Waals surface area contributed by atoms with E-state index in [1.54, 1.807) is 25.2 Å². The van der Waals surface area contributed by atoms with Crippen LogP contribution >= 0.6 is 0 Å². The quantitative estimate of drug-likeness (QED) is 0.694. The zero-order chi connectivity index (χ0) is 15.7. The van der Waals surface area contributed by atoms with E-state index in [1.165, 1.54) is 0 Å². The third-order valence-electron chi connectivity index (χ3n) is 3.56. The summed E-state index contributed by atoms with van der Waals surface area (Å²) in [7, 11) is 1.59. The summed E-state index contributed by atoms with van der Waals surface area (Å²) in [6, 6.07) is 14.6. The summed E-state index contributed by atoms with van der Waals surface area (Å²) in [5.41, 5.74) is 3.48. The molecule has 110 valence electrons. The summed E-state index contributed by atoms with van der Waals surface area (Å²) in [4.78, 5) is 25.4. The van der Waals surface area contributed by atoms with Gasteiger partial charge in [0, 0.05) is 23.5 Å². The van der Waals surface area contributed by atoms with E-state index in [1.807, 2.05) is 30.3 Å². The molecule has 0 saturated carbocycles. The number of carboxylic acids is 1. The van der Waals surface area contributed by atoms with E-state index < -0.39 is 5.97 Å². The van der Waals surface area contributed by atoms with Gasteiger partial charge >= 0.3 is 5.97 Å². The lowest BCUT2D eigenvalue weighted by Crippen LogP contribution is -2.17. The minimum atomic E-state index is -0.979. The van der Waals surface area contributed by atoms with Crippen molar-refractivity contribution in [2.75, 3.05) is 7.05 Å². The van der Waals surface area contributed by atoms with Gasteiger partial charge in [0.2, 0.25) is 0 Å². The molecular weight excluding hydrogens is 280 g/mol. The van der Waals surface area contributed by atoms with Gasteiger partial charge < -0.3 is 15.4 Å². The van der Waals surface area contributed by atoms with E-state index in [0.717, 1.165) is 22.0 Å². The molecule has 5 heteroatoms. The number of rotatable bonds is 3. The summed E-state index contributed by atoms with van der Waals surface area (Å²) < 4.78 is 0. The molecule has 0 bridgehead atoms. The number of carboxylic acid groups (broad SMARTS) is 1. The van der Waals surface area contributed by atoms with Gasteiger partial charge in [-0.1, -0.05) is 18.2 Å². The number of aromatic carboxylic acids is 1. The molecule has 2 aromatic carbocycles. The molecule has 3 rings (SSSR count). The lowest BCUT2D eigenvalue weighted by molar-refractivity contribution is 0.0691. The standard InChI is InChI=1S/C17H14N2O3/c1-18-16(20)11-4-2-10(3-5-11)12-6-7-14-13(8-12)9-15(19-14)17(21)22/h2-9,19H,1H3,(H,18,20)(H,21,22). The Morgan fingerprint density at radius 2 is 1.68 bits per heavy atom. The molecule has 22 heavy (non-hydrogen) atoms. The van der Waals surface area contributed by atoms with Crippen molar-refractivity contribution in [2.45, 2.75) is 0 Å². The fourth-order valence-electron chi connectivity index (χ4n) is 2.39. The maximum atomic E-state index is 11.5. The van der Waals surface area contributed by atoms with Crippen LogP contribution in [0.4, 0.5) is 0 Å². The highest BCUT2D eigenvalue weighted by Crippen LogP contribution is 2.25. The van der Waals surface area contributed by atoms with Gasteiger partial charge in [0.1, 0.15) is 5.69 Å². The van der Waals surface area contributed by atoms with Gasteiger partial charge in [-0.2, -0.15) is 0 Å². The van der Waals surface area contributed by atoms with Crippen LogP contribution in [0, 0.1) is 0 Å². The lowest BCUT2D eigenvalue weighted by atomic mass is 10.0. The van der Waals surface area contributed by atoms with Gasteiger partial charge in [0.25, 0.3) is 5.91 Å². The van der Waals surface area contributed by atoms with Crippen LogP contribution in [0.1, 0.15) is 20.8 Å². The average Bonchev–Trinajstić information content (AvgIpc) is 2.97. The highest BCUT2D eigenvalue weighted by atomic mass is 16.4. The smallest absolute Gasteiger partial charge is 0.352 e. The number of carbonyl (C=O) groups excluding carboxylic acids is 1. The largest absolute Gasteiger partial charge is 0.477 e. The zero-order valence-electron chi connectivity index (χ0n) is 11.9. The highest BCUT2D eigenvalue weighted by Gasteiger charge is 2.09. The summed E-state index contributed by atoms with van der Waals surface area (Å²) in [6.07, 6.45) is 0. The Balaban J connectivity index is 1.99. The van der Waals surface area contributed by atoms with Crippen molar-refractivity contribution in [3.63, 3.8) is 0 Å². The molecule has 0 atom stereocenters. The minimum absolute atomic E-state index is 0.126. The van der Waals surface area contributed by atoms with E-state index in [0.29, 0.717) is 5.56 Å². The molecule has 1 aromatic heterocycles. The number of fused-ring (bicyclic) bond motifs is 1. The Labute approximate surface area is 126 Å². The van der Waals surface area contributed by atoms with E-state index in [-0.39, 0.29) is 11.6 Å². The summed E-state index contributed by atoms with van der Waals surface area (Å²) in [5.74, 6) is -1.11. The Hall–Kier alpha value is -3.08. The molecule has 0 aliphatic heterocycles. The van der Waals surface area contributed by atoms with Crippen molar-refractivity contribution in [3.8, 4) is 11.1 Å². The number of H-pyrrole nitrogens is 1. The van der Waals surface area contributed by atoms with Crippen LogP contribution in [0.25, 0.3) is 22.0 Å². The summed E-state index contributed by atoms with van der Waals surface area (Å²) in [6.45, 7) is 0. The third kappa shape index (κ3) is 2.44. The molecule has 0 aliphatic carbocycles. The second-order valence-electron chi connectivity index (χ2n) is 4.95. The Bertz CT molecular complexity index is 863. The predicted octanol–water partition coefficient (Wildman–Crippen LogP) is 2.89. The first kappa shape index (κ1) is 13.9. The van der Waals surface area contributed by atoms with Crippen molar-refractivity contribution in [1.29, 1.82) is 0 Å². The first-order valence-electron chi connectivity index (χ1n) is 6.77. The molecule has 1 amide bonds. The van der Waals surface area contributed by atoms with Crippen LogP contribution in [-0.4, -0.2) is 29.0 Å². The molecule has 0 aliphatic rings. The van der Waals surface area contributed by atoms with Crippen molar-refractivity contribution >= 4 is 22.8 Å². The number of hydrogen-bond donors (Lipinski definition) is 3. The van der Waals surface area contributed by atoms with Gasteiger partial charge in [0.15, 0.2) is 0 Å². The van der Waals surface area contributed by atoms with Crippen LogP contribution in [-0.2, 0) is 0 Å². The lowest BCUT2D eigenvalue weighted by Gasteiger charge is -2.04. The minimum Gasteiger partial charge on any atom is -0.477 e. The van der Waals surface area contributed by atoms with E-state index in [9.17, 15) is 9.59 Å². The number of aromatic amines is 1. The molecule has 0 fully saturated rings. The second-order valence-corrected chi connectivity index (χ2v) is 4.95. The molecule has 0 unspecified atom stereocenters. The molecule has 3 aromatic rings. The molecule has 1 heterocycles. The van der Waals surface area contributed by atoms with Crippen molar-refractivity contribution in [1.82, 2.24) is 10.3 Å². The van der Waals surface area contributed by atoms with Crippen molar-refractivity contribution < 1.29 is 14.7 Å². The number of amides is 1. The van der Waals surface area contributed by atoms with Gasteiger partial charge in [-0.15, -0.1) is 0 Å². The maximum absolute atomic E-state index is 11.5. The fourth-order valence-corrected chi connectivity index (χ4v) is 2.39. The monoisotopic (exact) mass is 294 g/mol. The molecule has 0 spiro atoms. The van der Waals surface area contributed by atoms with E-state index >= 15 is 0 Å². The molecule has 5 nitrogen and oxygen atoms in total. The van der Waals surface area contributed by atoms with Crippen LogP contribution < -0.4 is 5.32 Å². The summed E-state index contributed by atoms with van der Waals surface area (Å²) >= 11 is 0. The number of hydrogen-bond acceptors (Lipinski definition) is 2. The average molecular weight is 294 g/mol. The number of carbonyl (C=O) groups is 2. The molecule has 0 saturated heterocycles. The van der Waals surface area contributed by atoms with Gasteiger partial charge in [0.05, 0.1) is 0 Å². The number of aromatic nitrogens is 1. The van der Waals surface area contributed by atoms with Crippen molar-refractivity contribution in [3.05, 3.63) is 59.8 Å². The molecule has 0 radical (unpaired) electrons. The summed E-state index contributed by atoms with van der Waals surface area (Å²) in [5, 5.41) is 12.4. The van der Waals surface area contributed by atoms with Gasteiger partial charge in [-0.25, -0.2) is 4.79 Å². The van der Waals surface area contributed by atoms with Crippen LogP contribution in [0.2, 0.25) is 0 Å². The first-order chi connectivity index (χ1) is 10.6. The van der Waals surface area contributed by atoms with Crippen LogP contribution in [0.15, 0.2) is 48.5 Å². The number of benzene rings is 2.